The fourth-order valence-electron chi connectivity index (χ4n) is 1.45. The van der Waals surface area contributed by atoms with Crippen molar-refractivity contribution in [3.63, 3.8) is 0 Å². The van der Waals surface area contributed by atoms with Crippen molar-refractivity contribution in [1.29, 1.82) is 0 Å². The molecule has 0 unspecified atom stereocenters. The molecule has 102 valence electrons. The Morgan fingerprint density at radius 1 is 1.25 bits per heavy atom. The van der Waals surface area contributed by atoms with Crippen molar-refractivity contribution in [1.82, 2.24) is 4.98 Å². The van der Waals surface area contributed by atoms with Gasteiger partial charge in [-0.3, -0.25) is 19.9 Å². The SMILES string of the molecule is O=C(Nc1ccc(Cl)c([N+](=O)[O-])c1)c1cc(Cl)ccn1. The number of anilines is 1. The first-order chi connectivity index (χ1) is 9.47. The van der Waals surface area contributed by atoms with Crippen LogP contribution in [0.5, 0.6) is 0 Å². The first-order valence-corrected chi connectivity index (χ1v) is 6.10. The van der Waals surface area contributed by atoms with E-state index in [1.807, 2.05) is 0 Å². The maximum atomic E-state index is 11.9. The number of aromatic nitrogens is 1. The Balaban J connectivity index is 2.24. The highest BCUT2D eigenvalue weighted by atomic mass is 35.5. The molecule has 1 N–H and O–H groups in total. The van der Waals surface area contributed by atoms with Crippen LogP contribution in [0.15, 0.2) is 36.5 Å². The zero-order valence-electron chi connectivity index (χ0n) is 9.84. The molecule has 0 atom stereocenters. The number of benzene rings is 1. The molecule has 8 heteroatoms. The Morgan fingerprint density at radius 2 is 2.00 bits per heavy atom. The Bertz CT molecular complexity index is 691. The van der Waals surface area contributed by atoms with Gasteiger partial charge in [-0.15, -0.1) is 0 Å². The van der Waals surface area contributed by atoms with Crippen LogP contribution in [0.25, 0.3) is 0 Å². The Kier molecular flexibility index (Phi) is 4.16. The number of pyridine rings is 1. The van der Waals surface area contributed by atoms with Crippen LogP contribution >= 0.6 is 23.2 Å². The molecule has 0 spiro atoms. The lowest BCUT2D eigenvalue weighted by Crippen LogP contribution is -2.13. The smallest absolute Gasteiger partial charge is 0.289 e. The van der Waals surface area contributed by atoms with E-state index in [9.17, 15) is 14.9 Å². The van der Waals surface area contributed by atoms with E-state index in [4.69, 9.17) is 23.2 Å². The van der Waals surface area contributed by atoms with Crippen molar-refractivity contribution in [3.05, 3.63) is 62.4 Å². The molecule has 1 heterocycles. The van der Waals surface area contributed by atoms with Gasteiger partial charge in [0, 0.05) is 23.0 Å². The van der Waals surface area contributed by atoms with Gasteiger partial charge in [0.1, 0.15) is 10.7 Å². The fraction of sp³-hybridized carbons (Fsp3) is 0. The largest absolute Gasteiger partial charge is 0.320 e. The molecule has 0 fully saturated rings. The van der Waals surface area contributed by atoms with Gasteiger partial charge in [0.2, 0.25) is 0 Å². The number of carbonyl (C=O) groups excluding carboxylic acids is 1. The van der Waals surface area contributed by atoms with Crippen LogP contribution in [0.3, 0.4) is 0 Å². The van der Waals surface area contributed by atoms with E-state index in [1.165, 1.54) is 36.5 Å². The third-order valence-corrected chi connectivity index (χ3v) is 2.91. The number of halogens is 2. The summed E-state index contributed by atoms with van der Waals surface area (Å²) < 4.78 is 0. The molecule has 20 heavy (non-hydrogen) atoms. The number of nitrogens with one attached hydrogen (secondary N) is 1. The number of hydrogen-bond donors (Lipinski definition) is 1. The summed E-state index contributed by atoms with van der Waals surface area (Å²) in [5.41, 5.74) is 0.0616. The van der Waals surface area contributed by atoms with Gasteiger partial charge in [-0.25, -0.2) is 0 Å². The molecule has 1 amide bonds. The predicted molar refractivity (Wildman–Crippen MR) is 75.3 cm³/mol. The summed E-state index contributed by atoms with van der Waals surface area (Å²) in [7, 11) is 0. The molecular formula is C12H7Cl2N3O3. The third kappa shape index (κ3) is 3.23. The van der Waals surface area contributed by atoms with Crippen molar-refractivity contribution >= 4 is 40.5 Å². The van der Waals surface area contributed by atoms with E-state index < -0.39 is 10.8 Å². The average molecular weight is 312 g/mol. The molecule has 0 aliphatic carbocycles. The zero-order chi connectivity index (χ0) is 14.7. The maximum Gasteiger partial charge on any atom is 0.289 e. The maximum absolute atomic E-state index is 11.9. The third-order valence-electron chi connectivity index (χ3n) is 2.36. The summed E-state index contributed by atoms with van der Waals surface area (Å²) in [6.07, 6.45) is 1.39. The van der Waals surface area contributed by atoms with Gasteiger partial charge >= 0.3 is 0 Å². The van der Waals surface area contributed by atoms with Gasteiger partial charge in [-0.1, -0.05) is 23.2 Å². The molecule has 1 aromatic heterocycles. The lowest BCUT2D eigenvalue weighted by atomic mass is 10.2. The summed E-state index contributed by atoms with van der Waals surface area (Å²) in [6, 6.07) is 6.88. The summed E-state index contributed by atoms with van der Waals surface area (Å²) >= 11 is 11.4. The molecule has 6 nitrogen and oxygen atoms in total. The van der Waals surface area contributed by atoms with Crippen LogP contribution in [0.4, 0.5) is 11.4 Å². The number of carbonyl (C=O) groups is 1. The average Bonchev–Trinajstić information content (AvgIpc) is 2.40. The first kappa shape index (κ1) is 14.2. The van der Waals surface area contributed by atoms with Crippen molar-refractivity contribution < 1.29 is 9.72 Å². The standard InChI is InChI=1S/C12H7Cl2N3O3/c13-7-3-4-15-10(5-7)12(18)16-8-1-2-9(14)11(6-8)17(19)20/h1-6H,(H,16,18). The Morgan fingerprint density at radius 3 is 2.65 bits per heavy atom. The van der Waals surface area contributed by atoms with Gasteiger partial charge in [0.25, 0.3) is 11.6 Å². The van der Waals surface area contributed by atoms with Crippen LogP contribution < -0.4 is 5.32 Å². The number of amides is 1. The monoisotopic (exact) mass is 311 g/mol. The van der Waals surface area contributed by atoms with E-state index in [-0.39, 0.29) is 22.1 Å². The number of nitro benzene ring substituents is 1. The Hall–Kier alpha value is -2.18. The lowest BCUT2D eigenvalue weighted by molar-refractivity contribution is -0.384. The van der Waals surface area contributed by atoms with Crippen molar-refractivity contribution in [2.75, 3.05) is 5.32 Å². The van der Waals surface area contributed by atoms with E-state index in [0.717, 1.165) is 0 Å². The lowest BCUT2D eigenvalue weighted by Gasteiger charge is -2.05. The molecule has 0 radical (unpaired) electrons. The number of nitrogens with zero attached hydrogens (tertiary/aromatic N) is 2. The highest BCUT2D eigenvalue weighted by molar-refractivity contribution is 6.32. The summed E-state index contributed by atoms with van der Waals surface area (Å²) in [5, 5.41) is 13.6. The van der Waals surface area contributed by atoms with Crippen LogP contribution in [0, 0.1) is 10.1 Å². The van der Waals surface area contributed by atoms with Gasteiger partial charge in [-0.05, 0) is 24.3 Å². The molecule has 0 aliphatic rings. The van der Waals surface area contributed by atoms with Crippen molar-refractivity contribution in [2.45, 2.75) is 0 Å². The van der Waals surface area contributed by atoms with E-state index in [2.05, 4.69) is 10.3 Å². The second-order valence-corrected chi connectivity index (χ2v) is 4.58. The molecular weight excluding hydrogens is 305 g/mol. The molecule has 0 saturated heterocycles. The van der Waals surface area contributed by atoms with Gasteiger partial charge < -0.3 is 5.32 Å². The number of rotatable bonds is 3. The van der Waals surface area contributed by atoms with Gasteiger partial charge in [0.15, 0.2) is 0 Å². The van der Waals surface area contributed by atoms with E-state index in [0.29, 0.717) is 5.02 Å². The Labute approximate surface area is 123 Å². The topological polar surface area (TPSA) is 85.1 Å². The molecule has 0 saturated carbocycles. The second-order valence-electron chi connectivity index (χ2n) is 3.74. The first-order valence-electron chi connectivity index (χ1n) is 5.34. The van der Waals surface area contributed by atoms with Crippen LogP contribution in [0.1, 0.15) is 10.5 Å². The number of hydrogen-bond acceptors (Lipinski definition) is 4. The predicted octanol–water partition coefficient (Wildman–Crippen LogP) is 3.55. The molecule has 0 bridgehead atoms. The fourth-order valence-corrected chi connectivity index (χ4v) is 1.80. The highest BCUT2D eigenvalue weighted by Crippen LogP contribution is 2.27. The highest BCUT2D eigenvalue weighted by Gasteiger charge is 2.15. The van der Waals surface area contributed by atoms with Gasteiger partial charge in [0.05, 0.1) is 4.92 Å². The van der Waals surface area contributed by atoms with Crippen LogP contribution in [-0.2, 0) is 0 Å². The van der Waals surface area contributed by atoms with E-state index >= 15 is 0 Å². The minimum Gasteiger partial charge on any atom is -0.320 e. The van der Waals surface area contributed by atoms with E-state index in [1.54, 1.807) is 0 Å². The molecule has 0 aliphatic heterocycles. The number of nitro groups is 1. The zero-order valence-corrected chi connectivity index (χ0v) is 11.4. The van der Waals surface area contributed by atoms with Crippen molar-refractivity contribution in [3.8, 4) is 0 Å². The van der Waals surface area contributed by atoms with Crippen LogP contribution in [0.2, 0.25) is 10.0 Å². The van der Waals surface area contributed by atoms with Gasteiger partial charge in [-0.2, -0.15) is 0 Å². The quantitative estimate of drug-likeness (QED) is 0.693. The summed E-state index contributed by atoms with van der Waals surface area (Å²) in [4.78, 5) is 25.9. The minimum absolute atomic E-state index is 0.00567. The molecule has 2 rings (SSSR count). The molecule has 2 aromatic rings. The minimum atomic E-state index is -0.629. The second kappa shape index (κ2) is 5.85. The van der Waals surface area contributed by atoms with Crippen LogP contribution in [-0.4, -0.2) is 15.8 Å². The van der Waals surface area contributed by atoms with Crippen molar-refractivity contribution in [2.24, 2.45) is 0 Å². The molecule has 1 aromatic carbocycles. The normalized spacial score (nSPS) is 10.1. The summed E-state index contributed by atoms with van der Waals surface area (Å²) in [5.74, 6) is -0.524. The summed E-state index contributed by atoms with van der Waals surface area (Å²) in [6.45, 7) is 0.